The van der Waals surface area contributed by atoms with Crippen LogP contribution in [0, 0.1) is 0 Å². The van der Waals surface area contributed by atoms with Crippen molar-refractivity contribution < 1.29 is 9.53 Å². The number of amides is 1. The van der Waals surface area contributed by atoms with Gasteiger partial charge in [0, 0.05) is 11.0 Å². The molecule has 0 bridgehead atoms. The minimum atomic E-state index is -0.504. The van der Waals surface area contributed by atoms with Crippen molar-refractivity contribution in [1.29, 1.82) is 0 Å². The molecule has 1 N–H and O–H groups in total. The highest BCUT2D eigenvalue weighted by Crippen LogP contribution is 2.26. The van der Waals surface area contributed by atoms with E-state index >= 15 is 0 Å². The number of ether oxygens (including phenoxy) is 1. The Labute approximate surface area is 127 Å². The summed E-state index contributed by atoms with van der Waals surface area (Å²) in [6.45, 7) is 5.54. The van der Waals surface area contributed by atoms with Gasteiger partial charge in [-0.25, -0.2) is 4.79 Å². The molecule has 0 aromatic heterocycles. The lowest BCUT2D eigenvalue weighted by molar-refractivity contribution is 0.0636. The lowest BCUT2D eigenvalue weighted by Gasteiger charge is -2.20. The molecule has 4 heteroatoms. The van der Waals surface area contributed by atoms with Gasteiger partial charge in [0.15, 0.2) is 0 Å². The van der Waals surface area contributed by atoms with Crippen molar-refractivity contribution in [2.24, 2.45) is 0 Å². The minimum Gasteiger partial charge on any atom is -0.444 e. The Balaban J connectivity index is 2.31. The van der Waals surface area contributed by atoms with Crippen molar-refractivity contribution in [3.63, 3.8) is 0 Å². The average Bonchev–Trinajstić information content (AvgIpc) is 2.35. The number of carbonyl (C=O) groups excluding carboxylic acids is 1. The van der Waals surface area contributed by atoms with E-state index in [1.165, 1.54) is 0 Å². The van der Waals surface area contributed by atoms with Crippen LogP contribution in [-0.4, -0.2) is 11.7 Å². The molecule has 0 saturated heterocycles. The molecule has 2 aromatic carbocycles. The van der Waals surface area contributed by atoms with Gasteiger partial charge in [0.2, 0.25) is 0 Å². The zero-order valence-electron chi connectivity index (χ0n) is 11.9. The van der Waals surface area contributed by atoms with Crippen LogP contribution in [0.4, 0.5) is 10.5 Å². The van der Waals surface area contributed by atoms with Crippen molar-refractivity contribution >= 4 is 38.5 Å². The fraction of sp³-hybridized carbons (Fsp3) is 0.312. The first kappa shape index (κ1) is 14.9. The molecule has 0 radical (unpaired) electrons. The summed E-state index contributed by atoms with van der Waals surface area (Å²) in [4.78, 5) is 11.9. The topological polar surface area (TPSA) is 38.3 Å². The van der Waals surface area contributed by atoms with Gasteiger partial charge in [-0.1, -0.05) is 40.2 Å². The number of fused-ring (bicyclic) bond motifs is 1. The van der Waals surface area contributed by atoms with Gasteiger partial charge < -0.3 is 4.74 Å². The van der Waals surface area contributed by atoms with Crippen LogP contribution >= 0.6 is 15.9 Å². The number of anilines is 1. The highest BCUT2D eigenvalue weighted by atomic mass is 79.9. The Morgan fingerprint density at radius 1 is 1.20 bits per heavy atom. The van der Waals surface area contributed by atoms with E-state index in [4.69, 9.17) is 4.74 Å². The quantitative estimate of drug-likeness (QED) is 0.777. The van der Waals surface area contributed by atoms with Gasteiger partial charge in [-0.05, 0) is 49.2 Å². The van der Waals surface area contributed by atoms with Crippen LogP contribution in [0.3, 0.4) is 0 Å². The Hall–Kier alpha value is -1.55. The third kappa shape index (κ3) is 3.73. The lowest BCUT2D eigenvalue weighted by atomic mass is 10.1. The maximum atomic E-state index is 11.9. The molecule has 0 unspecified atom stereocenters. The summed E-state index contributed by atoms with van der Waals surface area (Å²) in [5.41, 5.74) is 1.29. The summed E-state index contributed by atoms with van der Waals surface area (Å²) in [5.74, 6) is 0. The smallest absolute Gasteiger partial charge is 0.412 e. The molecule has 20 heavy (non-hydrogen) atoms. The monoisotopic (exact) mass is 335 g/mol. The number of alkyl halides is 1. The number of benzene rings is 2. The Morgan fingerprint density at radius 2 is 1.80 bits per heavy atom. The molecule has 0 spiro atoms. The molecular formula is C16H18BrNO2. The van der Waals surface area contributed by atoms with Crippen LogP contribution in [0.5, 0.6) is 0 Å². The van der Waals surface area contributed by atoms with E-state index in [0.717, 1.165) is 22.0 Å². The maximum Gasteiger partial charge on any atom is 0.412 e. The van der Waals surface area contributed by atoms with Crippen LogP contribution in [-0.2, 0) is 10.1 Å². The molecule has 3 nitrogen and oxygen atoms in total. The van der Waals surface area contributed by atoms with Gasteiger partial charge in [-0.3, -0.25) is 5.32 Å². The van der Waals surface area contributed by atoms with Gasteiger partial charge in [0.05, 0.1) is 0 Å². The van der Waals surface area contributed by atoms with Crippen molar-refractivity contribution in [2.75, 3.05) is 5.32 Å². The predicted molar refractivity (Wildman–Crippen MR) is 86.4 cm³/mol. The van der Waals surface area contributed by atoms with E-state index < -0.39 is 11.7 Å². The SMILES string of the molecule is CC(C)(C)OC(=O)Nc1cc2ccccc2cc1CBr. The van der Waals surface area contributed by atoms with Gasteiger partial charge in [-0.2, -0.15) is 0 Å². The van der Waals surface area contributed by atoms with Gasteiger partial charge in [-0.15, -0.1) is 0 Å². The summed E-state index contributed by atoms with van der Waals surface area (Å²) < 4.78 is 5.29. The van der Waals surface area contributed by atoms with Crippen LogP contribution < -0.4 is 5.32 Å². The Kier molecular flexibility index (Phi) is 4.33. The largest absolute Gasteiger partial charge is 0.444 e. The van der Waals surface area contributed by atoms with Gasteiger partial charge in [0.25, 0.3) is 0 Å². The molecule has 0 aliphatic carbocycles. The third-order valence-corrected chi connectivity index (χ3v) is 3.36. The number of rotatable bonds is 2. The standard InChI is InChI=1S/C16H18BrNO2/c1-16(2,3)20-15(19)18-14-9-12-7-5-4-6-11(12)8-13(14)10-17/h4-9H,10H2,1-3H3,(H,18,19). The maximum absolute atomic E-state index is 11.9. The molecule has 0 aliphatic heterocycles. The summed E-state index contributed by atoms with van der Waals surface area (Å²) in [6, 6.07) is 12.1. The van der Waals surface area contributed by atoms with Gasteiger partial charge >= 0.3 is 6.09 Å². The summed E-state index contributed by atoms with van der Waals surface area (Å²) in [5, 5.41) is 5.72. The molecule has 2 aromatic rings. The van der Waals surface area contributed by atoms with E-state index in [9.17, 15) is 4.79 Å². The lowest BCUT2D eigenvalue weighted by Crippen LogP contribution is -2.27. The van der Waals surface area contributed by atoms with E-state index in [-0.39, 0.29) is 0 Å². The zero-order valence-corrected chi connectivity index (χ0v) is 13.5. The molecule has 1 amide bonds. The summed E-state index contributed by atoms with van der Waals surface area (Å²) in [6.07, 6.45) is -0.435. The van der Waals surface area contributed by atoms with E-state index in [2.05, 4.69) is 33.4 Å². The highest BCUT2D eigenvalue weighted by Gasteiger charge is 2.17. The number of hydrogen-bond donors (Lipinski definition) is 1. The van der Waals surface area contributed by atoms with Crippen molar-refractivity contribution in [3.8, 4) is 0 Å². The van der Waals surface area contributed by atoms with E-state index in [0.29, 0.717) is 5.33 Å². The highest BCUT2D eigenvalue weighted by molar-refractivity contribution is 9.08. The third-order valence-electron chi connectivity index (χ3n) is 2.75. The molecule has 0 saturated carbocycles. The van der Waals surface area contributed by atoms with E-state index in [1.807, 2.05) is 45.0 Å². The van der Waals surface area contributed by atoms with E-state index in [1.54, 1.807) is 0 Å². The molecule has 106 valence electrons. The number of nitrogens with one attached hydrogen (secondary N) is 1. The van der Waals surface area contributed by atoms with Crippen LogP contribution in [0.15, 0.2) is 36.4 Å². The second-order valence-corrected chi connectivity index (χ2v) is 6.18. The molecule has 0 heterocycles. The van der Waals surface area contributed by atoms with Gasteiger partial charge in [0.1, 0.15) is 5.60 Å². The molecule has 0 fully saturated rings. The average molecular weight is 336 g/mol. The molecular weight excluding hydrogens is 318 g/mol. The first-order valence-corrected chi connectivity index (χ1v) is 7.59. The first-order chi connectivity index (χ1) is 9.39. The number of carbonyl (C=O) groups is 1. The van der Waals surface area contributed by atoms with Crippen molar-refractivity contribution in [3.05, 3.63) is 42.0 Å². The first-order valence-electron chi connectivity index (χ1n) is 6.47. The minimum absolute atomic E-state index is 0.435. The fourth-order valence-corrected chi connectivity index (χ4v) is 2.39. The Bertz CT molecular complexity index is 632. The normalized spacial score (nSPS) is 11.4. The Morgan fingerprint density at radius 3 is 2.35 bits per heavy atom. The summed E-state index contributed by atoms with van der Waals surface area (Å²) >= 11 is 3.45. The predicted octanol–water partition coefficient (Wildman–Crippen LogP) is 5.08. The second kappa shape index (κ2) is 5.83. The van der Waals surface area contributed by atoms with Crippen LogP contribution in [0.1, 0.15) is 26.3 Å². The number of hydrogen-bond acceptors (Lipinski definition) is 2. The van der Waals surface area contributed by atoms with Crippen LogP contribution in [0.2, 0.25) is 0 Å². The number of halogens is 1. The fourth-order valence-electron chi connectivity index (χ4n) is 1.93. The molecule has 0 atom stereocenters. The molecule has 2 rings (SSSR count). The summed E-state index contributed by atoms with van der Waals surface area (Å²) in [7, 11) is 0. The zero-order chi connectivity index (χ0) is 14.8. The van der Waals surface area contributed by atoms with Crippen molar-refractivity contribution in [2.45, 2.75) is 31.7 Å². The van der Waals surface area contributed by atoms with Crippen molar-refractivity contribution in [1.82, 2.24) is 0 Å². The van der Waals surface area contributed by atoms with Crippen LogP contribution in [0.25, 0.3) is 10.8 Å². The second-order valence-electron chi connectivity index (χ2n) is 5.62. The molecule has 0 aliphatic rings.